The van der Waals surface area contributed by atoms with Crippen molar-refractivity contribution in [1.82, 2.24) is 10.1 Å². The number of hydrogen-bond donors (Lipinski definition) is 2. The molecule has 1 saturated carbocycles. The Bertz CT molecular complexity index is 1730. The number of anilines is 1. The highest BCUT2D eigenvalue weighted by Crippen LogP contribution is 2.48. The number of fused-ring (bicyclic) bond motifs is 1. The summed E-state index contributed by atoms with van der Waals surface area (Å²) in [5, 5.41) is 16.5. The van der Waals surface area contributed by atoms with E-state index in [1.807, 2.05) is 66.7 Å². The summed E-state index contributed by atoms with van der Waals surface area (Å²) >= 11 is 0. The smallest absolute Gasteiger partial charge is 0.412 e. The number of rotatable bonds is 10. The molecule has 2 aromatic heterocycles. The fourth-order valence-electron chi connectivity index (χ4n) is 5.36. The fraction of sp³-hybridized carbons (Fsp3) is 0.273. The van der Waals surface area contributed by atoms with Gasteiger partial charge in [0.05, 0.1) is 5.41 Å². The molecule has 6 rings (SSSR count). The van der Waals surface area contributed by atoms with E-state index in [2.05, 4.69) is 22.4 Å². The van der Waals surface area contributed by atoms with E-state index in [-0.39, 0.29) is 0 Å². The Morgan fingerprint density at radius 1 is 1.02 bits per heavy atom. The summed E-state index contributed by atoms with van der Waals surface area (Å²) in [5.41, 5.74) is 5.88. The Kier molecular flexibility index (Phi) is 7.24. The zero-order valence-electron chi connectivity index (χ0n) is 23.4. The quantitative estimate of drug-likeness (QED) is 0.174. The SMILES string of the molecule is CCCCC(OC(=O)Nc1c(C)noc1-c1ccc(-c2ccc(C3(C(=O)O)CC3)cc2)cc1)c1cccc2ocnc12. The number of hydrogen-bond acceptors (Lipinski definition) is 7. The Labute approximate surface area is 242 Å². The van der Waals surface area contributed by atoms with Crippen molar-refractivity contribution < 1.29 is 28.4 Å². The summed E-state index contributed by atoms with van der Waals surface area (Å²) in [6.07, 6.45) is 4.09. The number of carboxylic acids is 1. The van der Waals surface area contributed by atoms with Gasteiger partial charge in [0, 0.05) is 11.1 Å². The molecule has 0 saturated heterocycles. The van der Waals surface area contributed by atoms with Crippen LogP contribution in [0.4, 0.5) is 10.5 Å². The number of aryl methyl sites for hydroxylation is 1. The maximum absolute atomic E-state index is 13.2. The Morgan fingerprint density at radius 3 is 2.38 bits per heavy atom. The number of ether oxygens (including phenoxy) is 1. The molecule has 1 atom stereocenters. The molecule has 0 bridgehead atoms. The van der Waals surface area contributed by atoms with Crippen molar-refractivity contribution in [3.8, 4) is 22.5 Å². The highest BCUT2D eigenvalue weighted by Gasteiger charge is 2.51. The number of para-hydroxylation sites is 1. The molecule has 1 fully saturated rings. The van der Waals surface area contributed by atoms with Crippen molar-refractivity contribution in [2.45, 2.75) is 57.5 Å². The second-order valence-electron chi connectivity index (χ2n) is 10.7. The van der Waals surface area contributed by atoms with E-state index < -0.39 is 23.6 Å². The van der Waals surface area contributed by atoms with Crippen molar-refractivity contribution in [1.29, 1.82) is 0 Å². The van der Waals surface area contributed by atoms with E-state index in [4.69, 9.17) is 13.7 Å². The number of amides is 1. The maximum Gasteiger partial charge on any atom is 0.412 e. The number of aliphatic carboxylic acids is 1. The van der Waals surface area contributed by atoms with Crippen LogP contribution in [0.3, 0.4) is 0 Å². The third-order valence-electron chi connectivity index (χ3n) is 7.97. The van der Waals surface area contributed by atoms with Gasteiger partial charge in [-0.2, -0.15) is 0 Å². The van der Waals surface area contributed by atoms with Crippen molar-refractivity contribution in [3.05, 3.63) is 89.9 Å². The number of carbonyl (C=O) groups excluding carboxylic acids is 1. The molecular formula is C33H31N3O6. The Morgan fingerprint density at radius 2 is 1.71 bits per heavy atom. The number of benzene rings is 3. The summed E-state index contributed by atoms with van der Waals surface area (Å²) in [6.45, 7) is 3.84. The first-order valence-electron chi connectivity index (χ1n) is 14.1. The molecule has 9 nitrogen and oxygen atoms in total. The number of nitrogens with zero attached hydrogens (tertiary/aromatic N) is 2. The first-order valence-corrected chi connectivity index (χ1v) is 14.1. The van der Waals surface area contributed by atoms with Crippen LogP contribution >= 0.6 is 0 Å². The predicted octanol–water partition coefficient (Wildman–Crippen LogP) is 8.05. The third-order valence-corrected chi connectivity index (χ3v) is 7.97. The molecule has 5 aromatic rings. The minimum atomic E-state index is -0.765. The summed E-state index contributed by atoms with van der Waals surface area (Å²) in [5.74, 6) is -0.341. The zero-order valence-corrected chi connectivity index (χ0v) is 23.4. The van der Waals surface area contributed by atoms with Crippen LogP contribution in [0.5, 0.6) is 0 Å². The Hall–Kier alpha value is -4.92. The number of nitrogens with one attached hydrogen (secondary N) is 1. The van der Waals surface area contributed by atoms with Crippen LogP contribution in [-0.4, -0.2) is 27.3 Å². The summed E-state index contributed by atoms with van der Waals surface area (Å²) < 4.78 is 17.0. The first kappa shape index (κ1) is 27.3. The van der Waals surface area contributed by atoms with Crippen LogP contribution in [-0.2, 0) is 14.9 Å². The zero-order chi connectivity index (χ0) is 29.3. The van der Waals surface area contributed by atoms with Crippen LogP contribution in [0.15, 0.2) is 82.1 Å². The van der Waals surface area contributed by atoms with E-state index in [9.17, 15) is 14.7 Å². The topological polar surface area (TPSA) is 128 Å². The molecule has 1 unspecified atom stereocenters. The molecule has 214 valence electrons. The van der Waals surface area contributed by atoms with Gasteiger partial charge in [0.25, 0.3) is 0 Å². The van der Waals surface area contributed by atoms with Crippen molar-refractivity contribution in [2.75, 3.05) is 5.32 Å². The average Bonchev–Trinajstić information content (AvgIpc) is 3.55. The Balaban J connectivity index is 1.19. The largest absolute Gasteiger partial charge is 0.481 e. The number of unbranched alkanes of at least 4 members (excludes halogenated alkanes) is 1. The maximum atomic E-state index is 13.2. The van der Waals surface area contributed by atoms with E-state index in [0.29, 0.717) is 47.5 Å². The van der Waals surface area contributed by atoms with Gasteiger partial charge in [0.1, 0.15) is 23.0 Å². The molecule has 0 radical (unpaired) electrons. The van der Waals surface area contributed by atoms with Gasteiger partial charge in [-0.05, 0) is 55.4 Å². The minimum absolute atomic E-state index is 0.423. The lowest BCUT2D eigenvalue weighted by molar-refractivity contribution is -0.140. The van der Waals surface area contributed by atoms with Crippen molar-refractivity contribution in [2.24, 2.45) is 0 Å². The van der Waals surface area contributed by atoms with Gasteiger partial charge in [0.15, 0.2) is 17.7 Å². The molecule has 2 N–H and O–H groups in total. The normalized spacial score (nSPS) is 14.4. The summed E-state index contributed by atoms with van der Waals surface area (Å²) in [6, 6.07) is 21.0. The van der Waals surface area contributed by atoms with Gasteiger partial charge >= 0.3 is 12.1 Å². The monoisotopic (exact) mass is 565 g/mol. The van der Waals surface area contributed by atoms with Crippen LogP contribution in [0.1, 0.15) is 62.0 Å². The van der Waals surface area contributed by atoms with E-state index in [1.54, 1.807) is 6.92 Å². The lowest BCUT2D eigenvalue weighted by Crippen LogP contribution is -2.19. The van der Waals surface area contributed by atoms with Gasteiger partial charge < -0.3 is 18.8 Å². The molecule has 2 heterocycles. The molecule has 0 aliphatic heterocycles. The predicted molar refractivity (Wildman–Crippen MR) is 157 cm³/mol. The second-order valence-corrected chi connectivity index (χ2v) is 10.7. The molecule has 42 heavy (non-hydrogen) atoms. The molecule has 9 heteroatoms. The molecule has 1 amide bonds. The van der Waals surface area contributed by atoms with E-state index >= 15 is 0 Å². The molecule has 1 aliphatic rings. The van der Waals surface area contributed by atoms with Crippen LogP contribution in [0.25, 0.3) is 33.6 Å². The standard InChI is InChI=1S/C33H31N3O6/c1-3-4-7-26(25-6-5-8-27-29(25)34-19-40-27)41-32(39)35-28-20(2)36-42-30(28)23-11-9-21(10-12-23)22-13-15-24(16-14-22)33(17-18-33)31(37)38/h5-6,8-16,19,26H,3-4,7,17-18H2,1-2H3,(H,35,39)(H,37,38). The first-order chi connectivity index (χ1) is 20.4. The van der Waals surface area contributed by atoms with E-state index in [0.717, 1.165) is 40.7 Å². The van der Waals surface area contributed by atoms with Crippen LogP contribution in [0.2, 0.25) is 0 Å². The van der Waals surface area contributed by atoms with Crippen LogP contribution in [0, 0.1) is 6.92 Å². The van der Waals surface area contributed by atoms with Crippen LogP contribution < -0.4 is 5.32 Å². The fourth-order valence-corrected chi connectivity index (χ4v) is 5.36. The summed E-state index contributed by atoms with van der Waals surface area (Å²) in [7, 11) is 0. The lowest BCUT2D eigenvalue weighted by Gasteiger charge is -2.19. The molecule has 3 aromatic carbocycles. The highest BCUT2D eigenvalue weighted by molar-refractivity contribution is 5.91. The minimum Gasteiger partial charge on any atom is -0.481 e. The summed E-state index contributed by atoms with van der Waals surface area (Å²) in [4.78, 5) is 29.1. The molecular weight excluding hydrogens is 534 g/mol. The molecule has 1 aliphatic carbocycles. The van der Waals surface area contributed by atoms with Gasteiger partial charge in [-0.25, -0.2) is 9.78 Å². The number of oxazole rings is 1. The highest BCUT2D eigenvalue weighted by atomic mass is 16.6. The van der Waals surface area contributed by atoms with Crippen molar-refractivity contribution in [3.63, 3.8) is 0 Å². The number of aromatic nitrogens is 2. The lowest BCUT2D eigenvalue weighted by atomic mass is 9.93. The van der Waals surface area contributed by atoms with Gasteiger partial charge in [-0.3, -0.25) is 10.1 Å². The van der Waals surface area contributed by atoms with Gasteiger partial charge in [-0.1, -0.05) is 79.2 Å². The number of carboxylic acid groups (broad SMARTS) is 1. The molecule has 0 spiro atoms. The second kappa shape index (κ2) is 11.2. The number of carbonyl (C=O) groups is 2. The van der Waals surface area contributed by atoms with Crippen molar-refractivity contribution >= 4 is 28.8 Å². The average molecular weight is 566 g/mol. The third kappa shape index (κ3) is 5.13. The van der Waals surface area contributed by atoms with Gasteiger partial charge in [-0.15, -0.1) is 0 Å². The van der Waals surface area contributed by atoms with E-state index in [1.165, 1.54) is 6.39 Å². The van der Waals surface area contributed by atoms with Gasteiger partial charge in [0.2, 0.25) is 0 Å².